The van der Waals surface area contributed by atoms with Crippen molar-refractivity contribution in [3.63, 3.8) is 0 Å². The fourth-order valence-electron chi connectivity index (χ4n) is 1.50. The number of benzene rings is 1. The van der Waals surface area contributed by atoms with Crippen molar-refractivity contribution in [1.82, 2.24) is 4.90 Å². The molecule has 1 heterocycles. The lowest BCUT2D eigenvalue weighted by molar-refractivity contribution is -0.142. The molecule has 0 bridgehead atoms. The van der Waals surface area contributed by atoms with Crippen LogP contribution in [0.15, 0.2) is 30.3 Å². The summed E-state index contributed by atoms with van der Waals surface area (Å²) < 4.78 is 9.53. The van der Waals surface area contributed by atoms with Gasteiger partial charge in [0.2, 0.25) is 11.8 Å². The Bertz CT molecular complexity index is 455. The Morgan fingerprint density at radius 1 is 1.11 bits per heavy atom. The van der Waals surface area contributed by atoms with Crippen molar-refractivity contribution in [2.24, 2.45) is 0 Å². The van der Waals surface area contributed by atoms with Gasteiger partial charge in [-0.05, 0) is 12.1 Å². The van der Waals surface area contributed by atoms with E-state index in [4.69, 9.17) is 9.47 Å². The van der Waals surface area contributed by atoms with Crippen LogP contribution >= 0.6 is 0 Å². The van der Waals surface area contributed by atoms with Gasteiger partial charge in [-0.3, -0.25) is 9.59 Å². The molecule has 2 rings (SSSR count). The van der Waals surface area contributed by atoms with Gasteiger partial charge in [-0.25, -0.2) is 9.69 Å². The lowest BCUT2D eigenvalue weighted by Crippen LogP contribution is -2.33. The number of hydrogen-bond donors (Lipinski definition) is 0. The largest absolute Gasteiger partial charge is 0.515 e. The molecule has 1 aliphatic heterocycles. The van der Waals surface area contributed by atoms with Gasteiger partial charge < -0.3 is 9.47 Å². The predicted octanol–water partition coefficient (Wildman–Crippen LogP) is 1.31. The van der Waals surface area contributed by atoms with Crippen LogP contribution in [0, 0.1) is 0 Å². The molecule has 2 amide bonds. The van der Waals surface area contributed by atoms with Gasteiger partial charge in [0.15, 0.2) is 6.73 Å². The van der Waals surface area contributed by atoms with E-state index in [1.165, 1.54) is 0 Å². The van der Waals surface area contributed by atoms with E-state index < -0.39 is 12.9 Å². The van der Waals surface area contributed by atoms with Gasteiger partial charge in [0.1, 0.15) is 5.75 Å². The van der Waals surface area contributed by atoms with Crippen LogP contribution in [0.1, 0.15) is 12.8 Å². The van der Waals surface area contributed by atoms with Crippen LogP contribution in [0.5, 0.6) is 5.75 Å². The quantitative estimate of drug-likeness (QED) is 0.458. The Hall–Kier alpha value is -2.37. The van der Waals surface area contributed by atoms with E-state index in [0.29, 0.717) is 5.75 Å². The molecule has 0 aromatic heterocycles. The number of likely N-dealkylation sites (tertiary alicyclic amines) is 1. The molecule has 0 atom stereocenters. The Labute approximate surface area is 103 Å². The zero-order chi connectivity index (χ0) is 13.0. The summed E-state index contributed by atoms with van der Waals surface area (Å²) in [6.07, 6.45) is -0.625. The van der Waals surface area contributed by atoms with Crippen LogP contribution in [0.3, 0.4) is 0 Å². The lowest BCUT2D eigenvalue weighted by atomic mass is 10.3. The maximum absolute atomic E-state index is 11.3. The number of imide groups is 1. The van der Waals surface area contributed by atoms with Crippen LogP contribution in [0.2, 0.25) is 0 Å². The molecule has 0 aliphatic carbocycles. The first-order valence-corrected chi connectivity index (χ1v) is 5.39. The first-order chi connectivity index (χ1) is 8.66. The molecule has 18 heavy (non-hydrogen) atoms. The molecular formula is C12H11NO5. The minimum absolute atomic E-state index is 0.163. The van der Waals surface area contributed by atoms with Crippen LogP contribution in [0.25, 0.3) is 0 Å². The summed E-state index contributed by atoms with van der Waals surface area (Å²) in [5.74, 6) is -0.346. The second-order valence-electron chi connectivity index (χ2n) is 3.65. The average molecular weight is 249 g/mol. The molecule has 0 saturated carbocycles. The molecule has 1 aromatic carbocycles. The molecule has 1 aromatic rings. The smallest absolute Gasteiger partial charge is 0.412 e. The lowest BCUT2D eigenvalue weighted by Gasteiger charge is -2.13. The summed E-state index contributed by atoms with van der Waals surface area (Å²) in [5, 5.41) is 0. The van der Waals surface area contributed by atoms with Crippen LogP contribution < -0.4 is 4.74 Å². The number of ether oxygens (including phenoxy) is 2. The Balaban J connectivity index is 1.82. The third-order valence-corrected chi connectivity index (χ3v) is 2.41. The van der Waals surface area contributed by atoms with E-state index in [9.17, 15) is 14.4 Å². The zero-order valence-electron chi connectivity index (χ0n) is 9.50. The summed E-state index contributed by atoms with van der Waals surface area (Å²) in [7, 11) is 0. The number of carbonyl (C=O) groups excluding carboxylic acids is 3. The normalized spacial score (nSPS) is 14.8. The molecule has 0 unspecified atom stereocenters. The highest BCUT2D eigenvalue weighted by Crippen LogP contribution is 2.12. The average Bonchev–Trinajstić information content (AvgIpc) is 2.68. The second-order valence-corrected chi connectivity index (χ2v) is 3.65. The SMILES string of the molecule is O=C(OCN1C(=O)CCC1=O)Oc1ccccc1. The third-order valence-electron chi connectivity index (χ3n) is 2.41. The number of nitrogens with zero attached hydrogens (tertiary/aromatic N) is 1. The molecule has 1 aliphatic rings. The fourth-order valence-corrected chi connectivity index (χ4v) is 1.50. The topological polar surface area (TPSA) is 72.9 Å². The monoisotopic (exact) mass is 249 g/mol. The summed E-state index contributed by atoms with van der Waals surface area (Å²) in [5.41, 5.74) is 0. The highest BCUT2D eigenvalue weighted by atomic mass is 16.7. The maximum Gasteiger partial charge on any atom is 0.515 e. The number of para-hydroxylation sites is 1. The van der Waals surface area contributed by atoms with Crippen molar-refractivity contribution in [3.8, 4) is 5.75 Å². The van der Waals surface area contributed by atoms with E-state index in [-0.39, 0.29) is 24.7 Å². The van der Waals surface area contributed by atoms with Gasteiger partial charge in [0.05, 0.1) is 0 Å². The predicted molar refractivity (Wildman–Crippen MR) is 59.5 cm³/mol. The summed E-state index contributed by atoms with van der Waals surface area (Å²) in [6, 6.07) is 8.37. The zero-order valence-corrected chi connectivity index (χ0v) is 9.50. The van der Waals surface area contributed by atoms with E-state index >= 15 is 0 Å². The van der Waals surface area contributed by atoms with Crippen LogP contribution in [0.4, 0.5) is 4.79 Å². The Morgan fingerprint density at radius 3 is 2.33 bits per heavy atom. The van der Waals surface area contributed by atoms with E-state index in [2.05, 4.69) is 0 Å². The van der Waals surface area contributed by atoms with Crippen molar-refractivity contribution in [3.05, 3.63) is 30.3 Å². The molecule has 1 fully saturated rings. The van der Waals surface area contributed by atoms with Crippen molar-refractivity contribution in [2.75, 3.05) is 6.73 Å². The van der Waals surface area contributed by atoms with Gasteiger partial charge in [-0.1, -0.05) is 18.2 Å². The van der Waals surface area contributed by atoms with Crippen molar-refractivity contribution in [1.29, 1.82) is 0 Å². The van der Waals surface area contributed by atoms with Crippen molar-refractivity contribution in [2.45, 2.75) is 12.8 Å². The second kappa shape index (κ2) is 5.31. The van der Waals surface area contributed by atoms with Crippen LogP contribution in [-0.2, 0) is 14.3 Å². The van der Waals surface area contributed by atoms with Crippen molar-refractivity contribution < 1.29 is 23.9 Å². The molecule has 1 saturated heterocycles. The highest BCUT2D eigenvalue weighted by Gasteiger charge is 2.29. The van der Waals surface area contributed by atoms with E-state index in [0.717, 1.165) is 4.90 Å². The van der Waals surface area contributed by atoms with Gasteiger partial charge in [-0.2, -0.15) is 0 Å². The van der Waals surface area contributed by atoms with Gasteiger partial charge >= 0.3 is 6.16 Å². The Kier molecular flexibility index (Phi) is 3.57. The van der Waals surface area contributed by atoms with E-state index in [1.54, 1.807) is 30.3 Å². The Morgan fingerprint density at radius 2 is 1.72 bits per heavy atom. The van der Waals surface area contributed by atoms with E-state index in [1.807, 2.05) is 0 Å². The standard InChI is InChI=1S/C12H11NO5/c14-10-6-7-11(15)13(10)8-17-12(16)18-9-4-2-1-3-5-9/h1-5H,6-8H2. The summed E-state index contributed by atoms with van der Waals surface area (Å²) in [6.45, 7) is -0.399. The van der Waals surface area contributed by atoms with Gasteiger partial charge in [0, 0.05) is 12.8 Å². The number of amides is 2. The van der Waals surface area contributed by atoms with Gasteiger partial charge in [0.25, 0.3) is 0 Å². The van der Waals surface area contributed by atoms with Crippen LogP contribution in [-0.4, -0.2) is 29.6 Å². The minimum Gasteiger partial charge on any atom is -0.412 e. The first-order valence-electron chi connectivity index (χ1n) is 5.39. The molecule has 6 heteroatoms. The molecule has 6 nitrogen and oxygen atoms in total. The van der Waals surface area contributed by atoms with Gasteiger partial charge in [-0.15, -0.1) is 0 Å². The summed E-state index contributed by atoms with van der Waals surface area (Å²) in [4.78, 5) is 34.6. The molecule has 0 N–H and O–H groups in total. The number of rotatable bonds is 3. The molecule has 0 radical (unpaired) electrons. The summed E-state index contributed by atoms with van der Waals surface area (Å²) >= 11 is 0. The number of hydrogen-bond acceptors (Lipinski definition) is 5. The molecule has 94 valence electrons. The maximum atomic E-state index is 11.3. The highest BCUT2D eigenvalue weighted by molar-refractivity contribution is 6.01. The first kappa shape index (κ1) is 12.1. The minimum atomic E-state index is -0.950. The molecule has 0 spiro atoms. The third kappa shape index (κ3) is 2.85. The van der Waals surface area contributed by atoms with Crippen molar-refractivity contribution >= 4 is 18.0 Å². The fraction of sp³-hybridized carbons (Fsp3) is 0.250. The number of carbonyl (C=O) groups is 3. The molecular weight excluding hydrogens is 238 g/mol.